The van der Waals surface area contributed by atoms with Gasteiger partial charge in [-0.3, -0.25) is 9.69 Å². The van der Waals surface area contributed by atoms with Gasteiger partial charge in [0.1, 0.15) is 10.8 Å². The summed E-state index contributed by atoms with van der Waals surface area (Å²) in [5, 5.41) is 8.59. The molecule has 0 saturated carbocycles. The average molecular weight is 693 g/mol. The number of sulfone groups is 1. The van der Waals surface area contributed by atoms with Crippen LogP contribution in [0.25, 0.3) is 11.1 Å². The maximum Gasteiger partial charge on any atom is 0.251 e. The second kappa shape index (κ2) is 15.3. The minimum absolute atomic E-state index is 0.136. The summed E-state index contributed by atoms with van der Waals surface area (Å²) in [7, 11) is -2.01. The minimum Gasteiger partial charge on any atom is -0.489 e. The fraction of sp³-hybridized carbons (Fsp3) is 0.343. The van der Waals surface area contributed by atoms with Gasteiger partial charge in [0.2, 0.25) is 5.95 Å². The molecule has 48 heavy (non-hydrogen) atoms. The van der Waals surface area contributed by atoms with E-state index in [9.17, 15) is 13.2 Å². The number of anilines is 4. The lowest BCUT2D eigenvalue weighted by molar-refractivity contribution is 0.0342. The largest absolute Gasteiger partial charge is 0.489 e. The first-order valence-corrected chi connectivity index (χ1v) is 17.7. The Morgan fingerprint density at radius 1 is 1.00 bits per heavy atom. The monoisotopic (exact) mass is 692 g/mol. The van der Waals surface area contributed by atoms with E-state index in [0.29, 0.717) is 41.5 Å². The van der Waals surface area contributed by atoms with Gasteiger partial charge in [-0.15, -0.1) is 0 Å². The van der Waals surface area contributed by atoms with Crippen LogP contribution in [0.2, 0.25) is 5.02 Å². The summed E-state index contributed by atoms with van der Waals surface area (Å²) in [4.78, 5) is 24.7. The van der Waals surface area contributed by atoms with E-state index in [-0.39, 0.29) is 33.7 Å². The van der Waals surface area contributed by atoms with Crippen LogP contribution in [-0.2, 0) is 21.1 Å². The molecule has 0 unspecified atom stereocenters. The van der Waals surface area contributed by atoms with Crippen LogP contribution in [0.3, 0.4) is 0 Å². The molecule has 1 aromatic heterocycles. The van der Waals surface area contributed by atoms with Crippen molar-refractivity contribution in [1.29, 1.82) is 0 Å². The van der Waals surface area contributed by atoms with Crippen molar-refractivity contribution in [1.82, 2.24) is 20.2 Å². The number of ether oxygens (including phenoxy) is 2. The number of hydrogen-bond donors (Lipinski definition) is 3. The van der Waals surface area contributed by atoms with Gasteiger partial charge < -0.3 is 25.4 Å². The van der Waals surface area contributed by atoms with Gasteiger partial charge in [0.05, 0.1) is 47.0 Å². The third kappa shape index (κ3) is 8.24. The van der Waals surface area contributed by atoms with Crippen molar-refractivity contribution >= 4 is 50.5 Å². The lowest BCUT2D eigenvalue weighted by Crippen LogP contribution is -2.35. The molecule has 254 valence electrons. The van der Waals surface area contributed by atoms with Crippen LogP contribution >= 0.6 is 11.6 Å². The zero-order valence-electron chi connectivity index (χ0n) is 27.7. The molecule has 4 aromatic rings. The predicted octanol–water partition coefficient (Wildman–Crippen LogP) is 6.45. The molecule has 0 bridgehead atoms. The number of aromatic nitrogens is 2. The quantitative estimate of drug-likeness (QED) is 0.152. The lowest BCUT2D eigenvalue weighted by Gasteiger charge is -2.26. The smallest absolute Gasteiger partial charge is 0.251 e. The highest BCUT2D eigenvalue weighted by molar-refractivity contribution is 7.92. The van der Waals surface area contributed by atoms with Crippen LogP contribution in [0.15, 0.2) is 71.8 Å². The van der Waals surface area contributed by atoms with E-state index in [1.807, 2.05) is 32.0 Å². The molecular formula is C35H41ClN6O5S. The summed E-state index contributed by atoms with van der Waals surface area (Å²) in [5.74, 6) is 0.577. The highest BCUT2D eigenvalue weighted by atomic mass is 35.5. The molecule has 0 atom stereocenters. The molecule has 1 aliphatic heterocycles. The van der Waals surface area contributed by atoms with E-state index >= 15 is 0 Å². The van der Waals surface area contributed by atoms with Gasteiger partial charge in [0.15, 0.2) is 15.7 Å². The third-order valence-electron chi connectivity index (χ3n) is 7.76. The van der Waals surface area contributed by atoms with Crippen LogP contribution < -0.4 is 20.7 Å². The molecule has 2 heterocycles. The van der Waals surface area contributed by atoms with Gasteiger partial charge in [0, 0.05) is 32.2 Å². The van der Waals surface area contributed by atoms with E-state index in [4.69, 9.17) is 21.1 Å². The van der Waals surface area contributed by atoms with E-state index in [2.05, 4.69) is 43.0 Å². The number of amides is 1. The van der Waals surface area contributed by atoms with Gasteiger partial charge in [0.25, 0.3) is 5.91 Å². The van der Waals surface area contributed by atoms with Crippen molar-refractivity contribution in [2.45, 2.75) is 50.5 Å². The standard InChI is InChI=1S/C35H41ClN6O5S/c1-22(2)47-31-19-26(25-10-8-9-24(17-25)21-42-13-15-46-16-14-42)27(34(43)37-5)18-30(31)40-35-38-20-28(36)33(41-35)39-29-11-6-7-12-32(29)48(44,45)23(3)4/h6-12,17-20,22-23H,13-16,21H2,1-5H3,(H,37,43)(H2,38,39,40,41). The second-order valence-electron chi connectivity index (χ2n) is 12.0. The highest BCUT2D eigenvalue weighted by Crippen LogP contribution is 2.38. The molecule has 5 rings (SSSR count). The first-order valence-electron chi connectivity index (χ1n) is 15.8. The van der Waals surface area contributed by atoms with Crippen LogP contribution in [0.1, 0.15) is 43.6 Å². The maximum absolute atomic E-state index is 13.3. The van der Waals surface area contributed by atoms with E-state index in [1.165, 1.54) is 6.20 Å². The first-order chi connectivity index (χ1) is 23.0. The summed E-state index contributed by atoms with van der Waals surface area (Å²) in [6.45, 7) is 11.0. The lowest BCUT2D eigenvalue weighted by atomic mass is 9.96. The van der Waals surface area contributed by atoms with Crippen molar-refractivity contribution in [2.75, 3.05) is 44.0 Å². The number of halogens is 1. The molecule has 1 amide bonds. The van der Waals surface area contributed by atoms with Crippen molar-refractivity contribution in [3.8, 4) is 16.9 Å². The Labute approximate surface area is 287 Å². The molecule has 3 aromatic carbocycles. The number of rotatable bonds is 12. The molecule has 0 spiro atoms. The minimum atomic E-state index is -3.60. The Balaban J connectivity index is 1.52. The molecule has 0 radical (unpaired) electrons. The Morgan fingerprint density at radius 3 is 2.46 bits per heavy atom. The maximum atomic E-state index is 13.3. The fourth-order valence-corrected chi connectivity index (χ4v) is 6.62. The fourth-order valence-electron chi connectivity index (χ4n) is 5.28. The summed E-state index contributed by atoms with van der Waals surface area (Å²) in [6, 6.07) is 18.3. The summed E-state index contributed by atoms with van der Waals surface area (Å²) in [6.07, 6.45) is 1.23. The van der Waals surface area contributed by atoms with Gasteiger partial charge in [-0.2, -0.15) is 4.98 Å². The van der Waals surface area contributed by atoms with Crippen molar-refractivity contribution < 1.29 is 22.7 Å². The van der Waals surface area contributed by atoms with Gasteiger partial charge >= 0.3 is 0 Å². The van der Waals surface area contributed by atoms with Gasteiger partial charge in [-0.25, -0.2) is 13.4 Å². The normalized spacial score (nSPS) is 13.8. The van der Waals surface area contributed by atoms with E-state index in [0.717, 1.165) is 30.8 Å². The highest BCUT2D eigenvalue weighted by Gasteiger charge is 2.24. The molecule has 13 heteroatoms. The SMILES string of the molecule is CNC(=O)c1cc(Nc2ncc(Cl)c(Nc3ccccc3S(=O)(=O)C(C)C)n2)c(OC(C)C)cc1-c1cccc(CN2CCOCC2)c1. The number of carbonyl (C=O) groups excluding carboxylic acids is 1. The molecule has 3 N–H and O–H groups in total. The van der Waals surface area contributed by atoms with Crippen molar-refractivity contribution in [3.63, 3.8) is 0 Å². The van der Waals surface area contributed by atoms with Crippen LogP contribution in [0.5, 0.6) is 5.75 Å². The number of carbonyl (C=O) groups is 1. The number of para-hydroxylation sites is 1. The zero-order valence-corrected chi connectivity index (χ0v) is 29.3. The van der Waals surface area contributed by atoms with Crippen LogP contribution in [0, 0.1) is 0 Å². The van der Waals surface area contributed by atoms with E-state index < -0.39 is 15.1 Å². The number of benzene rings is 3. The number of nitrogens with zero attached hydrogens (tertiary/aromatic N) is 3. The average Bonchev–Trinajstić information content (AvgIpc) is 3.07. The molecular weight excluding hydrogens is 652 g/mol. The summed E-state index contributed by atoms with van der Waals surface area (Å²) >= 11 is 6.48. The topological polar surface area (TPSA) is 135 Å². The summed E-state index contributed by atoms with van der Waals surface area (Å²) in [5.41, 5.74) is 3.95. The van der Waals surface area contributed by atoms with Crippen molar-refractivity contribution in [3.05, 3.63) is 83.0 Å². The number of nitrogens with one attached hydrogen (secondary N) is 3. The van der Waals surface area contributed by atoms with Gasteiger partial charge in [-0.1, -0.05) is 41.9 Å². The first kappa shape index (κ1) is 35.1. The predicted molar refractivity (Wildman–Crippen MR) is 189 cm³/mol. The zero-order chi connectivity index (χ0) is 34.4. The summed E-state index contributed by atoms with van der Waals surface area (Å²) < 4.78 is 37.8. The van der Waals surface area contributed by atoms with Crippen LogP contribution in [0.4, 0.5) is 23.1 Å². The Kier molecular flexibility index (Phi) is 11.2. The number of hydrogen-bond acceptors (Lipinski definition) is 10. The molecule has 0 aliphatic carbocycles. The Bertz CT molecular complexity index is 1880. The molecule has 11 nitrogen and oxygen atoms in total. The van der Waals surface area contributed by atoms with E-state index in [1.54, 1.807) is 51.2 Å². The Morgan fingerprint density at radius 2 is 1.75 bits per heavy atom. The van der Waals surface area contributed by atoms with Crippen LogP contribution in [-0.4, -0.2) is 73.9 Å². The molecule has 1 saturated heterocycles. The van der Waals surface area contributed by atoms with Crippen molar-refractivity contribution in [2.24, 2.45) is 0 Å². The van der Waals surface area contributed by atoms with Gasteiger partial charge in [-0.05, 0) is 74.7 Å². The molecule has 1 aliphatic rings. The third-order valence-corrected chi connectivity index (χ3v) is 10.2. The second-order valence-corrected chi connectivity index (χ2v) is 14.8. The molecule has 1 fully saturated rings. The Hall–Kier alpha value is -4.23. The number of morpholine rings is 1.